The minimum atomic E-state index is -0.103. The van der Waals surface area contributed by atoms with Crippen molar-refractivity contribution in [1.82, 2.24) is 10.2 Å². The number of hydrogen-bond donors (Lipinski definition) is 1. The van der Waals surface area contributed by atoms with Gasteiger partial charge in [0, 0.05) is 6.54 Å². The number of carbonyl (C=O) groups excluding carboxylic acids is 1. The van der Waals surface area contributed by atoms with Gasteiger partial charge >= 0.3 is 5.97 Å². The maximum Gasteiger partial charge on any atom is 0.322 e. The Morgan fingerprint density at radius 1 is 1.47 bits per heavy atom. The van der Waals surface area contributed by atoms with Crippen molar-refractivity contribution in [3.63, 3.8) is 0 Å². The highest BCUT2D eigenvalue weighted by atomic mass is 16.5. The first-order valence-corrected chi connectivity index (χ1v) is 6.76. The summed E-state index contributed by atoms with van der Waals surface area (Å²) in [6, 6.07) is -0.0614. The molecule has 3 unspecified atom stereocenters. The first kappa shape index (κ1) is 12.8. The average Bonchev–Trinajstić information content (AvgIpc) is 2.97. The summed E-state index contributed by atoms with van der Waals surface area (Å²) in [5.74, 6) is 1.38. The number of methoxy groups -OCH3 is 1. The van der Waals surface area contributed by atoms with Crippen LogP contribution in [0, 0.1) is 11.8 Å². The maximum absolute atomic E-state index is 11.4. The van der Waals surface area contributed by atoms with E-state index in [1.807, 2.05) is 0 Å². The molecule has 17 heavy (non-hydrogen) atoms. The fourth-order valence-electron chi connectivity index (χ4n) is 3.17. The van der Waals surface area contributed by atoms with Crippen molar-refractivity contribution in [3.8, 4) is 0 Å². The topological polar surface area (TPSA) is 41.6 Å². The van der Waals surface area contributed by atoms with Crippen LogP contribution in [0.1, 0.15) is 26.2 Å². The van der Waals surface area contributed by atoms with Gasteiger partial charge in [-0.3, -0.25) is 4.79 Å². The van der Waals surface area contributed by atoms with Crippen molar-refractivity contribution in [1.29, 1.82) is 0 Å². The molecule has 0 aliphatic carbocycles. The van der Waals surface area contributed by atoms with Gasteiger partial charge in [-0.1, -0.05) is 6.92 Å². The molecule has 1 N–H and O–H groups in total. The van der Waals surface area contributed by atoms with Gasteiger partial charge in [0.25, 0.3) is 0 Å². The van der Waals surface area contributed by atoms with Crippen molar-refractivity contribution in [2.45, 2.75) is 32.2 Å². The highest BCUT2D eigenvalue weighted by molar-refractivity contribution is 5.75. The molecule has 4 nitrogen and oxygen atoms in total. The van der Waals surface area contributed by atoms with E-state index in [1.54, 1.807) is 0 Å². The van der Waals surface area contributed by atoms with Gasteiger partial charge in [-0.25, -0.2) is 0 Å². The van der Waals surface area contributed by atoms with E-state index in [9.17, 15) is 4.79 Å². The highest BCUT2D eigenvalue weighted by Gasteiger charge is 2.32. The van der Waals surface area contributed by atoms with E-state index >= 15 is 0 Å². The predicted octanol–water partition coefficient (Wildman–Crippen LogP) is 0.869. The summed E-state index contributed by atoms with van der Waals surface area (Å²) < 4.78 is 4.78. The van der Waals surface area contributed by atoms with E-state index in [4.69, 9.17) is 4.74 Å². The SMILES string of the molecule is CCN1CCC(CC2CNC(C(=O)OC)C2)C1. The summed E-state index contributed by atoms with van der Waals surface area (Å²) >= 11 is 0. The van der Waals surface area contributed by atoms with Gasteiger partial charge in [0.1, 0.15) is 6.04 Å². The molecule has 0 bridgehead atoms. The molecule has 0 aromatic heterocycles. The number of esters is 1. The molecule has 2 aliphatic heterocycles. The van der Waals surface area contributed by atoms with Crippen LogP contribution in [0.25, 0.3) is 0 Å². The molecule has 2 rings (SSSR count). The quantitative estimate of drug-likeness (QED) is 0.740. The zero-order valence-electron chi connectivity index (χ0n) is 10.9. The number of ether oxygens (including phenoxy) is 1. The summed E-state index contributed by atoms with van der Waals surface area (Å²) in [5.41, 5.74) is 0. The minimum absolute atomic E-state index is 0.0614. The summed E-state index contributed by atoms with van der Waals surface area (Å²) in [6.07, 6.45) is 3.54. The van der Waals surface area contributed by atoms with Gasteiger partial charge in [-0.15, -0.1) is 0 Å². The number of likely N-dealkylation sites (tertiary alicyclic amines) is 1. The molecule has 0 spiro atoms. The van der Waals surface area contributed by atoms with Gasteiger partial charge in [0.05, 0.1) is 7.11 Å². The molecule has 0 amide bonds. The lowest BCUT2D eigenvalue weighted by Gasteiger charge is -2.16. The summed E-state index contributed by atoms with van der Waals surface area (Å²) in [5, 5.41) is 3.27. The van der Waals surface area contributed by atoms with E-state index in [0.29, 0.717) is 5.92 Å². The van der Waals surface area contributed by atoms with Crippen LogP contribution in [0.2, 0.25) is 0 Å². The van der Waals surface area contributed by atoms with Crippen molar-refractivity contribution < 1.29 is 9.53 Å². The molecule has 2 saturated heterocycles. The van der Waals surface area contributed by atoms with Crippen LogP contribution in [0.5, 0.6) is 0 Å². The lowest BCUT2D eigenvalue weighted by Crippen LogP contribution is -2.31. The average molecular weight is 240 g/mol. The standard InChI is InChI=1S/C13H24N2O2/c1-3-15-5-4-10(9-15)6-11-7-12(14-8-11)13(16)17-2/h10-12,14H,3-9H2,1-2H3. The van der Waals surface area contributed by atoms with Crippen LogP contribution in [-0.2, 0) is 9.53 Å². The van der Waals surface area contributed by atoms with E-state index in [2.05, 4.69) is 17.1 Å². The zero-order valence-corrected chi connectivity index (χ0v) is 10.9. The summed E-state index contributed by atoms with van der Waals surface area (Å²) in [6.45, 7) is 6.87. The first-order valence-electron chi connectivity index (χ1n) is 6.76. The number of rotatable bonds is 4. The van der Waals surface area contributed by atoms with Crippen LogP contribution in [0.15, 0.2) is 0 Å². The molecular formula is C13H24N2O2. The largest absolute Gasteiger partial charge is 0.468 e. The maximum atomic E-state index is 11.4. The second-order valence-corrected chi connectivity index (χ2v) is 5.37. The Labute approximate surface area is 104 Å². The van der Waals surface area contributed by atoms with Crippen molar-refractivity contribution in [2.75, 3.05) is 33.3 Å². The zero-order chi connectivity index (χ0) is 12.3. The minimum Gasteiger partial charge on any atom is -0.468 e. The smallest absolute Gasteiger partial charge is 0.322 e. The molecule has 0 aromatic carbocycles. The summed E-state index contributed by atoms with van der Waals surface area (Å²) in [4.78, 5) is 13.9. The molecular weight excluding hydrogens is 216 g/mol. The number of hydrogen-bond acceptors (Lipinski definition) is 4. The molecule has 0 saturated carbocycles. The Balaban J connectivity index is 1.73. The highest BCUT2D eigenvalue weighted by Crippen LogP contribution is 2.28. The molecule has 2 fully saturated rings. The molecule has 0 radical (unpaired) electrons. The molecule has 98 valence electrons. The normalized spacial score (nSPS) is 34.1. The van der Waals surface area contributed by atoms with E-state index < -0.39 is 0 Å². The van der Waals surface area contributed by atoms with Gasteiger partial charge < -0.3 is 15.0 Å². The monoisotopic (exact) mass is 240 g/mol. The van der Waals surface area contributed by atoms with Crippen LogP contribution >= 0.6 is 0 Å². The fourth-order valence-corrected chi connectivity index (χ4v) is 3.17. The van der Waals surface area contributed by atoms with E-state index in [-0.39, 0.29) is 12.0 Å². The Kier molecular flexibility index (Phi) is 4.40. The van der Waals surface area contributed by atoms with Crippen molar-refractivity contribution in [3.05, 3.63) is 0 Å². The first-order chi connectivity index (χ1) is 8.22. The second kappa shape index (κ2) is 5.83. The number of nitrogens with one attached hydrogen (secondary N) is 1. The van der Waals surface area contributed by atoms with E-state index in [0.717, 1.165) is 18.9 Å². The van der Waals surface area contributed by atoms with Gasteiger partial charge in [0.2, 0.25) is 0 Å². The molecule has 2 heterocycles. The van der Waals surface area contributed by atoms with Gasteiger partial charge in [-0.05, 0) is 50.7 Å². The fraction of sp³-hybridized carbons (Fsp3) is 0.923. The molecule has 3 atom stereocenters. The second-order valence-electron chi connectivity index (χ2n) is 5.37. The third kappa shape index (κ3) is 3.19. The number of carbonyl (C=O) groups is 1. The third-order valence-electron chi connectivity index (χ3n) is 4.19. The molecule has 0 aromatic rings. The Bertz CT molecular complexity index is 270. The molecule has 4 heteroatoms. The van der Waals surface area contributed by atoms with Gasteiger partial charge in [0.15, 0.2) is 0 Å². The van der Waals surface area contributed by atoms with Crippen molar-refractivity contribution in [2.24, 2.45) is 11.8 Å². The van der Waals surface area contributed by atoms with Crippen LogP contribution in [-0.4, -0.2) is 50.2 Å². The Hall–Kier alpha value is -0.610. The molecule has 2 aliphatic rings. The van der Waals surface area contributed by atoms with Crippen molar-refractivity contribution >= 4 is 5.97 Å². The summed E-state index contributed by atoms with van der Waals surface area (Å²) in [7, 11) is 1.47. The van der Waals surface area contributed by atoms with Crippen LogP contribution in [0.4, 0.5) is 0 Å². The Morgan fingerprint density at radius 3 is 2.94 bits per heavy atom. The number of nitrogens with zero attached hydrogens (tertiary/aromatic N) is 1. The Morgan fingerprint density at radius 2 is 2.29 bits per heavy atom. The predicted molar refractivity (Wildman–Crippen MR) is 66.8 cm³/mol. The third-order valence-corrected chi connectivity index (χ3v) is 4.19. The lowest BCUT2D eigenvalue weighted by molar-refractivity contribution is -0.142. The van der Waals surface area contributed by atoms with Crippen LogP contribution in [0.3, 0.4) is 0 Å². The lowest BCUT2D eigenvalue weighted by atomic mass is 9.92. The van der Waals surface area contributed by atoms with Gasteiger partial charge in [-0.2, -0.15) is 0 Å². The van der Waals surface area contributed by atoms with Crippen LogP contribution < -0.4 is 5.32 Å². The van der Waals surface area contributed by atoms with E-state index in [1.165, 1.54) is 39.6 Å².